The number of rotatable bonds is 3. The number of benzene rings is 1. The highest BCUT2D eigenvalue weighted by molar-refractivity contribution is 5.88. The van der Waals surface area contributed by atoms with Crippen molar-refractivity contribution in [2.24, 2.45) is 0 Å². The van der Waals surface area contributed by atoms with Crippen LogP contribution in [0.4, 0.5) is 0 Å². The molecule has 0 saturated heterocycles. The molecule has 0 unspecified atom stereocenters. The van der Waals surface area contributed by atoms with Crippen molar-refractivity contribution in [1.82, 2.24) is 4.90 Å². The minimum absolute atomic E-state index is 0.240. The third-order valence-electron chi connectivity index (χ3n) is 3.49. The van der Waals surface area contributed by atoms with E-state index in [4.69, 9.17) is 5.11 Å². The summed E-state index contributed by atoms with van der Waals surface area (Å²) in [5.41, 5.74) is 1.17. The molecule has 0 radical (unpaired) electrons. The molecule has 0 fully saturated rings. The fraction of sp³-hybridized carbons (Fsp3) is 0.385. The second-order valence-electron chi connectivity index (χ2n) is 5.01. The zero-order chi connectivity index (χ0) is 13.5. The normalized spacial score (nSPS) is 15.4. The molecule has 0 amide bonds. The summed E-state index contributed by atoms with van der Waals surface area (Å²) < 4.78 is 0. The SMILES string of the molecule is CC(C)(C(=O)O)N1Cc2ccc(C(=O)O)cc2C1. The number of hydrogen-bond donors (Lipinski definition) is 2. The molecule has 96 valence electrons. The molecule has 1 heterocycles. The van der Waals surface area contributed by atoms with Crippen molar-refractivity contribution in [2.45, 2.75) is 32.5 Å². The maximum atomic E-state index is 11.2. The van der Waals surface area contributed by atoms with Crippen LogP contribution >= 0.6 is 0 Å². The molecule has 1 aliphatic rings. The molecule has 0 bridgehead atoms. The van der Waals surface area contributed by atoms with E-state index in [-0.39, 0.29) is 5.56 Å². The summed E-state index contributed by atoms with van der Waals surface area (Å²) in [5, 5.41) is 18.1. The van der Waals surface area contributed by atoms with E-state index >= 15 is 0 Å². The minimum atomic E-state index is -0.964. The van der Waals surface area contributed by atoms with Gasteiger partial charge in [-0.05, 0) is 37.1 Å². The molecule has 1 aromatic carbocycles. The van der Waals surface area contributed by atoms with Crippen LogP contribution in [0.15, 0.2) is 18.2 Å². The van der Waals surface area contributed by atoms with Gasteiger partial charge in [0.1, 0.15) is 5.54 Å². The van der Waals surface area contributed by atoms with Crippen molar-refractivity contribution in [3.8, 4) is 0 Å². The van der Waals surface area contributed by atoms with Crippen molar-refractivity contribution in [1.29, 1.82) is 0 Å². The van der Waals surface area contributed by atoms with Crippen molar-refractivity contribution in [2.75, 3.05) is 0 Å². The van der Waals surface area contributed by atoms with Crippen LogP contribution in [0.2, 0.25) is 0 Å². The highest BCUT2D eigenvalue weighted by atomic mass is 16.4. The highest BCUT2D eigenvalue weighted by Gasteiger charge is 2.37. The first-order valence-electron chi connectivity index (χ1n) is 5.66. The molecule has 2 rings (SSSR count). The number of fused-ring (bicyclic) bond motifs is 1. The van der Waals surface area contributed by atoms with Crippen LogP contribution < -0.4 is 0 Å². The smallest absolute Gasteiger partial charge is 0.335 e. The molecule has 0 aliphatic carbocycles. The van der Waals surface area contributed by atoms with Crippen LogP contribution in [0.3, 0.4) is 0 Å². The topological polar surface area (TPSA) is 77.8 Å². The third kappa shape index (κ3) is 1.97. The summed E-state index contributed by atoms with van der Waals surface area (Å²) in [6.45, 7) is 4.31. The van der Waals surface area contributed by atoms with Crippen LogP contribution in [0, 0.1) is 0 Å². The molecule has 1 aromatic rings. The van der Waals surface area contributed by atoms with Crippen LogP contribution in [0.5, 0.6) is 0 Å². The number of aromatic carboxylic acids is 1. The summed E-state index contributed by atoms with van der Waals surface area (Å²) in [7, 11) is 0. The quantitative estimate of drug-likeness (QED) is 0.850. The van der Waals surface area contributed by atoms with E-state index in [0.29, 0.717) is 13.1 Å². The maximum absolute atomic E-state index is 11.2. The number of hydrogen-bond acceptors (Lipinski definition) is 3. The van der Waals surface area contributed by atoms with E-state index in [1.165, 1.54) is 0 Å². The lowest BCUT2D eigenvalue weighted by molar-refractivity contribution is -0.149. The van der Waals surface area contributed by atoms with Gasteiger partial charge in [0.05, 0.1) is 5.56 Å². The molecule has 2 N–H and O–H groups in total. The van der Waals surface area contributed by atoms with E-state index in [1.54, 1.807) is 32.0 Å². The van der Waals surface area contributed by atoms with Crippen molar-refractivity contribution in [3.05, 3.63) is 34.9 Å². The van der Waals surface area contributed by atoms with Crippen molar-refractivity contribution >= 4 is 11.9 Å². The van der Waals surface area contributed by atoms with Gasteiger partial charge in [-0.25, -0.2) is 4.79 Å². The van der Waals surface area contributed by atoms with Crippen LogP contribution in [-0.2, 0) is 17.9 Å². The van der Waals surface area contributed by atoms with Gasteiger partial charge in [-0.3, -0.25) is 9.69 Å². The van der Waals surface area contributed by atoms with E-state index in [0.717, 1.165) is 11.1 Å². The Bertz CT molecular complexity index is 522. The monoisotopic (exact) mass is 249 g/mol. The lowest BCUT2D eigenvalue weighted by atomic mass is 10.0. The average Bonchev–Trinajstić information content (AvgIpc) is 2.71. The van der Waals surface area contributed by atoms with Gasteiger partial charge < -0.3 is 10.2 Å². The molecule has 0 aromatic heterocycles. The van der Waals surface area contributed by atoms with Gasteiger partial charge in [-0.2, -0.15) is 0 Å². The first-order valence-corrected chi connectivity index (χ1v) is 5.66. The fourth-order valence-corrected chi connectivity index (χ4v) is 2.06. The number of carboxylic acid groups (broad SMARTS) is 2. The Morgan fingerprint density at radius 2 is 1.78 bits per heavy atom. The summed E-state index contributed by atoms with van der Waals surface area (Å²) >= 11 is 0. The molecule has 5 heteroatoms. The molecule has 5 nitrogen and oxygen atoms in total. The predicted molar refractivity (Wildman–Crippen MR) is 64.4 cm³/mol. The average molecular weight is 249 g/mol. The van der Waals surface area contributed by atoms with Gasteiger partial charge in [0.25, 0.3) is 0 Å². The lowest BCUT2D eigenvalue weighted by Crippen LogP contribution is -2.47. The van der Waals surface area contributed by atoms with Crippen molar-refractivity contribution < 1.29 is 19.8 Å². The van der Waals surface area contributed by atoms with Gasteiger partial charge >= 0.3 is 11.9 Å². The molecule has 0 saturated carbocycles. The first kappa shape index (κ1) is 12.6. The Balaban J connectivity index is 2.28. The Morgan fingerprint density at radius 1 is 1.17 bits per heavy atom. The number of carbonyl (C=O) groups is 2. The summed E-state index contributed by atoms with van der Waals surface area (Å²) in [6.07, 6.45) is 0. The molecule has 1 aliphatic heterocycles. The zero-order valence-electron chi connectivity index (χ0n) is 10.3. The molecule has 18 heavy (non-hydrogen) atoms. The van der Waals surface area contributed by atoms with E-state index < -0.39 is 17.5 Å². The fourth-order valence-electron chi connectivity index (χ4n) is 2.06. The van der Waals surface area contributed by atoms with Gasteiger partial charge in [0.2, 0.25) is 0 Å². The van der Waals surface area contributed by atoms with E-state index in [1.807, 2.05) is 4.90 Å². The lowest BCUT2D eigenvalue weighted by Gasteiger charge is -2.30. The standard InChI is InChI=1S/C13H15NO4/c1-13(2,12(17)18)14-6-9-4-3-8(11(15)16)5-10(9)7-14/h3-5H,6-7H2,1-2H3,(H,15,16)(H,17,18). The number of nitrogens with zero attached hydrogens (tertiary/aromatic N) is 1. The Morgan fingerprint density at radius 3 is 2.33 bits per heavy atom. The number of carboxylic acids is 2. The Hall–Kier alpha value is -1.88. The summed E-state index contributed by atoms with van der Waals surface area (Å²) in [4.78, 5) is 23.9. The van der Waals surface area contributed by atoms with Gasteiger partial charge in [0.15, 0.2) is 0 Å². The zero-order valence-corrected chi connectivity index (χ0v) is 10.3. The van der Waals surface area contributed by atoms with E-state index in [9.17, 15) is 14.7 Å². The van der Waals surface area contributed by atoms with Crippen molar-refractivity contribution in [3.63, 3.8) is 0 Å². The minimum Gasteiger partial charge on any atom is -0.480 e. The highest BCUT2D eigenvalue weighted by Crippen LogP contribution is 2.30. The van der Waals surface area contributed by atoms with Crippen LogP contribution in [0.25, 0.3) is 0 Å². The van der Waals surface area contributed by atoms with Gasteiger partial charge in [-0.15, -0.1) is 0 Å². The van der Waals surface area contributed by atoms with Crippen LogP contribution in [-0.4, -0.2) is 32.6 Å². The predicted octanol–water partition coefficient (Wildman–Crippen LogP) is 1.56. The summed E-state index contributed by atoms with van der Waals surface area (Å²) in [5.74, 6) is -1.84. The van der Waals surface area contributed by atoms with Gasteiger partial charge in [-0.1, -0.05) is 6.07 Å². The maximum Gasteiger partial charge on any atom is 0.335 e. The Labute approximate surface area is 105 Å². The molecular weight excluding hydrogens is 234 g/mol. The second-order valence-corrected chi connectivity index (χ2v) is 5.01. The van der Waals surface area contributed by atoms with E-state index in [2.05, 4.69) is 0 Å². The second kappa shape index (κ2) is 4.10. The largest absolute Gasteiger partial charge is 0.480 e. The molecular formula is C13H15NO4. The third-order valence-corrected chi connectivity index (χ3v) is 3.49. The Kier molecular flexibility index (Phi) is 2.86. The first-order chi connectivity index (χ1) is 8.32. The molecule has 0 spiro atoms. The van der Waals surface area contributed by atoms with Crippen LogP contribution in [0.1, 0.15) is 35.3 Å². The van der Waals surface area contributed by atoms with Gasteiger partial charge in [0, 0.05) is 13.1 Å². The molecule has 0 atom stereocenters. The summed E-state index contributed by atoms with van der Waals surface area (Å²) in [6, 6.07) is 4.94. The number of aliphatic carboxylic acids is 1.